The Morgan fingerprint density at radius 2 is 0.864 bits per heavy atom. The average Bonchev–Trinajstić information content (AvgIpc) is 3.98. The molecular weight excluding hydrogens is 799 g/mol. The Kier molecular flexibility index (Phi) is 8.56. The summed E-state index contributed by atoms with van der Waals surface area (Å²) in [5, 5.41) is 4.91. The fourth-order valence-electron chi connectivity index (χ4n) is 11.1. The summed E-state index contributed by atoms with van der Waals surface area (Å²) in [4.78, 5) is 2.49. The normalized spacial score (nSPS) is 12.8. The first-order valence-electron chi connectivity index (χ1n) is 22.9. The van der Waals surface area contributed by atoms with Gasteiger partial charge in [-0.3, -0.25) is 0 Å². The number of nitrogens with zero attached hydrogens (tertiary/aromatic N) is 3. The third-order valence-electron chi connectivity index (χ3n) is 14.1. The van der Waals surface area contributed by atoms with Crippen LogP contribution >= 0.6 is 0 Å². The Bertz CT molecular complexity index is 3820. The van der Waals surface area contributed by atoms with Crippen LogP contribution in [0.3, 0.4) is 0 Å². The van der Waals surface area contributed by atoms with Gasteiger partial charge in [0.1, 0.15) is 0 Å². The van der Waals surface area contributed by atoms with Gasteiger partial charge in [-0.1, -0.05) is 166 Å². The Balaban J connectivity index is 1.06. The molecule has 12 aromatic rings. The molecule has 0 bridgehead atoms. The molecule has 1 aliphatic rings. The second kappa shape index (κ2) is 14.8. The van der Waals surface area contributed by atoms with Crippen LogP contribution in [0.25, 0.3) is 88.4 Å². The molecule has 2 heterocycles. The van der Waals surface area contributed by atoms with Gasteiger partial charge in [0.25, 0.3) is 0 Å². The molecule has 0 radical (unpaired) electrons. The molecule has 0 saturated heterocycles. The van der Waals surface area contributed by atoms with Crippen LogP contribution in [0.5, 0.6) is 0 Å². The zero-order valence-electron chi connectivity index (χ0n) is 36.9. The largest absolute Gasteiger partial charge is 0.310 e. The topological polar surface area (TPSA) is 13.1 Å². The van der Waals surface area contributed by atoms with Crippen molar-refractivity contribution in [1.29, 1.82) is 0 Å². The van der Waals surface area contributed by atoms with Crippen LogP contribution in [0.15, 0.2) is 237 Å². The first-order chi connectivity index (χ1) is 32.5. The highest BCUT2D eigenvalue weighted by molar-refractivity contribution is 6.18. The number of hydrogen-bond donors (Lipinski definition) is 0. The number of hydrogen-bond acceptors (Lipinski definition) is 1. The average molecular weight is 844 g/mol. The molecule has 0 N–H and O–H groups in total. The quantitative estimate of drug-likeness (QED) is 0.156. The van der Waals surface area contributed by atoms with Crippen LogP contribution in [-0.2, 0) is 5.41 Å². The minimum Gasteiger partial charge on any atom is -0.310 e. The van der Waals surface area contributed by atoms with E-state index in [9.17, 15) is 0 Å². The number of para-hydroxylation sites is 3. The van der Waals surface area contributed by atoms with Crippen LogP contribution in [0.4, 0.5) is 17.1 Å². The molecule has 66 heavy (non-hydrogen) atoms. The number of benzene rings is 10. The fourth-order valence-corrected chi connectivity index (χ4v) is 11.1. The van der Waals surface area contributed by atoms with E-state index >= 15 is 0 Å². The van der Waals surface area contributed by atoms with Gasteiger partial charge in [-0.15, -0.1) is 0 Å². The maximum atomic E-state index is 2.49. The van der Waals surface area contributed by atoms with Crippen molar-refractivity contribution < 1.29 is 0 Å². The molecule has 0 atom stereocenters. The van der Waals surface area contributed by atoms with Crippen molar-refractivity contribution in [1.82, 2.24) is 9.13 Å². The number of aromatic nitrogens is 2. The summed E-state index contributed by atoms with van der Waals surface area (Å²) in [6.07, 6.45) is 0. The summed E-state index contributed by atoms with van der Waals surface area (Å²) < 4.78 is 4.83. The molecular formula is C63H45N3. The van der Waals surface area contributed by atoms with Crippen LogP contribution < -0.4 is 4.90 Å². The third kappa shape index (κ3) is 5.76. The van der Waals surface area contributed by atoms with Crippen molar-refractivity contribution in [2.24, 2.45) is 0 Å². The van der Waals surface area contributed by atoms with Gasteiger partial charge in [0, 0.05) is 55.3 Å². The summed E-state index contributed by atoms with van der Waals surface area (Å²) in [5.74, 6) is 0. The van der Waals surface area contributed by atoms with Crippen molar-refractivity contribution in [2.45, 2.75) is 19.3 Å². The minimum absolute atomic E-state index is 0.134. The van der Waals surface area contributed by atoms with Crippen LogP contribution in [0, 0.1) is 0 Å². The second-order valence-corrected chi connectivity index (χ2v) is 18.1. The van der Waals surface area contributed by atoms with Crippen molar-refractivity contribution in [3.05, 3.63) is 248 Å². The second-order valence-electron chi connectivity index (χ2n) is 18.1. The fraction of sp³-hybridized carbons (Fsp3) is 0.0476. The molecule has 0 amide bonds. The van der Waals surface area contributed by atoms with E-state index in [0.717, 1.165) is 22.7 Å². The predicted octanol–water partition coefficient (Wildman–Crippen LogP) is 17.0. The van der Waals surface area contributed by atoms with E-state index in [4.69, 9.17) is 0 Å². The summed E-state index contributed by atoms with van der Waals surface area (Å²) in [7, 11) is 0. The van der Waals surface area contributed by atoms with Gasteiger partial charge >= 0.3 is 0 Å². The Morgan fingerprint density at radius 1 is 0.348 bits per heavy atom. The van der Waals surface area contributed by atoms with Gasteiger partial charge in [0.2, 0.25) is 0 Å². The SMILES string of the molecule is CC1(C)c2ccccc2-c2c(N(c3ccc(-c4ccccc4)cc3)c3ccc4c(c3)c3cc(-c5cccc6c5c5ccccc5n6-c5ccccc5)ccc3n4-c3ccccc3)cccc21. The third-order valence-corrected chi connectivity index (χ3v) is 14.1. The molecule has 13 rings (SSSR count). The smallest absolute Gasteiger partial charge is 0.0547 e. The Labute approximate surface area is 384 Å². The number of anilines is 3. The van der Waals surface area contributed by atoms with E-state index in [1.807, 2.05) is 0 Å². The van der Waals surface area contributed by atoms with Crippen molar-refractivity contribution in [3.63, 3.8) is 0 Å². The zero-order valence-corrected chi connectivity index (χ0v) is 36.9. The number of fused-ring (bicyclic) bond motifs is 9. The van der Waals surface area contributed by atoms with Gasteiger partial charge in [0.15, 0.2) is 0 Å². The van der Waals surface area contributed by atoms with Crippen LogP contribution in [0.1, 0.15) is 25.0 Å². The molecule has 0 saturated carbocycles. The van der Waals surface area contributed by atoms with Crippen molar-refractivity contribution in [3.8, 4) is 44.8 Å². The Morgan fingerprint density at radius 3 is 1.62 bits per heavy atom. The lowest BCUT2D eigenvalue weighted by Gasteiger charge is -2.29. The molecule has 3 heteroatoms. The number of rotatable bonds is 7. The summed E-state index contributed by atoms with van der Waals surface area (Å²) >= 11 is 0. The molecule has 10 aromatic carbocycles. The maximum absolute atomic E-state index is 2.49. The van der Waals surface area contributed by atoms with E-state index in [-0.39, 0.29) is 5.41 Å². The van der Waals surface area contributed by atoms with Crippen molar-refractivity contribution in [2.75, 3.05) is 4.90 Å². The standard InChI is InChI=1S/C63H45N3/c1-63(2)54-27-14-12-24-50(54)62-55(63)28-17-31-60(62)64(47-35-32-43(33-36-47)42-18-6-3-7-19-42)48-37-39-58-53(41-48)52-40-44(34-38-57(52)65(58)45-20-8-4-9-21-45)49-26-16-30-59-61(49)51-25-13-15-29-56(51)66(59)46-22-10-5-11-23-46/h3-41H,1-2H3. The van der Waals surface area contributed by atoms with Crippen LogP contribution in [0.2, 0.25) is 0 Å². The molecule has 312 valence electrons. The van der Waals surface area contributed by atoms with E-state index < -0.39 is 0 Å². The molecule has 1 aliphatic carbocycles. The lowest BCUT2D eigenvalue weighted by Crippen LogP contribution is -2.16. The highest BCUT2D eigenvalue weighted by atomic mass is 15.1. The van der Waals surface area contributed by atoms with E-state index in [1.165, 1.54) is 93.8 Å². The van der Waals surface area contributed by atoms with Gasteiger partial charge in [-0.2, -0.15) is 0 Å². The van der Waals surface area contributed by atoms with Gasteiger partial charge in [-0.05, 0) is 124 Å². The minimum atomic E-state index is -0.134. The Hall–Kier alpha value is -8.40. The zero-order chi connectivity index (χ0) is 43.9. The lowest BCUT2D eigenvalue weighted by molar-refractivity contribution is 0.660. The molecule has 3 nitrogen and oxygen atoms in total. The molecule has 0 spiro atoms. The van der Waals surface area contributed by atoms with Crippen LogP contribution in [-0.4, -0.2) is 9.13 Å². The predicted molar refractivity (Wildman–Crippen MR) is 278 cm³/mol. The van der Waals surface area contributed by atoms with Gasteiger partial charge in [-0.25, -0.2) is 0 Å². The summed E-state index contributed by atoms with van der Waals surface area (Å²) in [6, 6.07) is 86.9. The molecule has 0 aliphatic heterocycles. The monoisotopic (exact) mass is 843 g/mol. The maximum Gasteiger partial charge on any atom is 0.0547 e. The highest BCUT2D eigenvalue weighted by Gasteiger charge is 2.37. The molecule has 0 fully saturated rings. The van der Waals surface area contributed by atoms with E-state index in [1.54, 1.807) is 0 Å². The van der Waals surface area contributed by atoms with E-state index in [0.29, 0.717) is 0 Å². The first-order valence-corrected chi connectivity index (χ1v) is 22.9. The first kappa shape index (κ1) is 38.1. The summed E-state index contributed by atoms with van der Waals surface area (Å²) in [6.45, 7) is 4.73. The van der Waals surface area contributed by atoms with Gasteiger partial charge in [0.05, 0.1) is 27.8 Å². The molecule has 0 unspecified atom stereocenters. The van der Waals surface area contributed by atoms with E-state index in [2.05, 4.69) is 264 Å². The lowest BCUT2D eigenvalue weighted by atomic mass is 9.82. The molecule has 2 aromatic heterocycles. The highest BCUT2D eigenvalue weighted by Crippen LogP contribution is 2.54. The summed E-state index contributed by atoms with van der Waals surface area (Å²) in [5.41, 5.74) is 20.4. The van der Waals surface area contributed by atoms with Gasteiger partial charge < -0.3 is 14.0 Å². The van der Waals surface area contributed by atoms with Crippen molar-refractivity contribution >= 4 is 60.7 Å².